The highest BCUT2D eigenvalue weighted by atomic mass is 16.2. The van der Waals surface area contributed by atoms with Crippen LogP contribution in [-0.2, 0) is 4.79 Å². The van der Waals surface area contributed by atoms with Crippen molar-refractivity contribution in [2.24, 2.45) is 5.92 Å². The normalized spacial score (nSPS) is 12.2. The summed E-state index contributed by atoms with van der Waals surface area (Å²) in [6.07, 6.45) is 5.75. The predicted octanol–water partition coefficient (Wildman–Crippen LogP) is 0.760. The van der Waals surface area contributed by atoms with Crippen LogP contribution in [-0.4, -0.2) is 25.0 Å². The molecule has 0 aliphatic rings. The quantitative estimate of drug-likeness (QED) is 0.486. The van der Waals surface area contributed by atoms with Crippen LogP contribution in [0.3, 0.4) is 0 Å². The Hall–Kier alpha value is -1.01. The summed E-state index contributed by atoms with van der Waals surface area (Å²) in [5.41, 5.74) is 0. The molecule has 0 saturated carbocycles. The molecule has 0 aromatic carbocycles. The molecule has 80 valence electrons. The fourth-order valence-corrected chi connectivity index (χ4v) is 0.911. The molecular weight excluding hydrogens is 176 g/mol. The lowest BCUT2D eigenvalue weighted by Gasteiger charge is -2.14. The van der Waals surface area contributed by atoms with Gasteiger partial charge in [-0.15, -0.1) is 12.3 Å². The van der Waals surface area contributed by atoms with Crippen molar-refractivity contribution in [3.63, 3.8) is 0 Å². The maximum Gasteiger partial charge on any atom is 0.236 e. The summed E-state index contributed by atoms with van der Waals surface area (Å²) in [5, 5.41) is 5.91. The molecule has 0 spiro atoms. The van der Waals surface area contributed by atoms with Crippen molar-refractivity contribution in [2.45, 2.75) is 33.2 Å². The van der Waals surface area contributed by atoms with Crippen LogP contribution in [0.1, 0.15) is 27.2 Å². The van der Waals surface area contributed by atoms with Crippen LogP contribution in [0.15, 0.2) is 0 Å². The third kappa shape index (κ3) is 6.50. The average molecular weight is 196 g/mol. The Morgan fingerprint density at radius 3 is 2.57 bits per heavy atom. The Morgan fingerprint density at radius 2 is 2.07 bits per heavy atom. The second kappa shape index (κ2) is 7.40. The fraction of sp³-hybridized carbons (Fsp3) is 0.727. The number of hydrogen-bond acceptors (Lipinski definition) is 2. The minimum absolute atomic E-state index is 0.0377. The van der Waals surface area contributed by atoms with E-state index in [1.165, 1.54) is 0 Å². The van der Waals surface area contributed by atoms with E-state index < -0.39 is 0 Å². The molecule has 0 rings (SSSR count). The first kappa shape index (κ1) is 13.0. The van der Waals surface area contributed by atoms with Gasteiger partial charge in [0.25, 0.3) is 0 Å². The highest BCUT2D eigenvalue weighted by Crippen LogP contribution is 1.89. The molecule has 0 aromatic rings. The summed E-state index contributed by atoms with van der Waals surface area (Å²) in [5.74, 6) is 3.04. The summed E-state index contributed by atoms with van der Waals surface area (Å²) in [4.78, 5) is 11.4. The van der Waals surface area contributed by atoms with Crippen LogP contribution in [0.5, 0.6) is 0 Å². The molecule has 0 aliphatic carbocycles. The second-order valence-electron chi connectivity index (χ2n) is 3.77. The molecule has 2 N–H and O–H groups in total. The van der Waals surface area contributed by atoms with Gasteiger partial charge in [-0.3, -0.25) is 4.79 Å². The number of rotatable bonds is 6. The van der Waals surface area contributed by atoms with Gasteiger partial charge in [0, 0.05) is 19.5 Å². The topological polar surface area (TPSA) is 41.1 Å². The second-order valence-corrected chi connectivity index (χ2v) is 3.77. The van der Waals surface area contributed by atoms with Crippen molar-refractivity contribution in [1.29, 1.82) is 0 Å². The fourth-order valence-electron chi connectivity index (χ4n) is 0.911. The molecule has 1 unspecified atom stereocenters. The van der Waals surface area contributed by atoms with E-state index in [0.717, 1.165) is 6.54 Å². The standard InChI is InChI=1S/C11H20N2O/c1-5-6-7-12-10(4)11(14)13-8-9(2)3/h1,9-10,12H,6-8H2,2-4H3,(H,13,14). The van der Waals surface area contributed by atoms with Gasteiger partial charge in [-0.1, -0.05) is 13.8 Å². The number of nitrogens with one attached hydrogen (secondary N) is 2. The molecule has 0 heterocycles. The lowest BCUT2D eigenvalue weighted by Crippen LogP contribution is -2.43. The summed E-state index contributed by atoms with van der Waals surface area (Å²) in [7, 11) is 0. The van der Waals surface area contributed by atoms with Gasteiger partial charge >= 0.3 is 0 Å². The highest BCUT2D eigenvalue weighted by molar-refractivity contribution is 5.81. The number of terminal acetylenes is 1. The van der Waals surface area contributed by atoms with Gasteiger partial charge in [-0.05, 0) is 12.8 Å². The van der Waals surface area contributed by atoms with E-state index in [4.69, 9.17) is 6.42 Å². The van der Waals surface area contributed by atoms with Crippen LogP contribution < -0.4 is 10.6 Å². The van der Waals surface area contributed by atoms with E-state index in [0.29, 0.717) is 18.9 Å². The van der Waals surface area contributed by atoms with Crippen molar-refractivity contribution in [3.05, 3.63) is 0 Å². The molecule has 0 saturated heterocycles. The lowest BCUT2D eigenvalue weighted by atomic mass is 10.2. The first-order valence-electron chi connectivity index (χ1n) is 5.02. The maximum atomic E-state index is 11.4. The molecule has 0 aromatic heterocycles. The summed E-state index contributed by atoms with van der Waals surface area (Å²) < 4.78 is 0. The first-order valence-corrected chi connectivity index (χ1v) is 5.02. The molecule has 3 heteroatoms. The zero-order valence-electron chi connectivity index (χ0n) is 9.26. The molecule has 14 heavy (non-hydrogen) atoms. The van der Waals surface area contributed by atoms with Crippen LogP contribution in [0.4, 0.5) is 0 Å². The van der Waals surface area contributed by atoms with Gasteiger partial charge in [-0.25, -0.2) is 0 Å². The van der Waals surface area contributed by atoms with Crippen molar-refractivity contribution >= 4 is 5.91 Å². The molecule has 1 amide bonds. The van der Waals surface area contributed by atoms with Crippen molar-refractivity contribution in [2.75, 3.05) is 13.1 Å². The Kier molecular flexibility index (Phi) is 6.87. The molecule has 0 radical (unpaired) electrons. The van der Waals surface area contributed by atoms with Gasteiger partial charge in [0.15, 0.2) is 0 Å². The minimum Gasteiger partial charge on any atom is -0.354 e. The van der Waals surface area contributed by atoms with Crippen LogP contribution in [0.25, 0.3) is 0 Å². The van der Waals surface area contributed by atoms with E-state index in [2.05, 4.69) is 30.4 Å². The van der Waals surface area contributed by atoms with Gasteiger partial charge in [-0.2, -0.15) is 0 Å². The molecule has 0 bridgehead atoms. The summed E-state index contributed by atoms with van der Waals surface area (Å²) in [6.45, 7) is 7.38. The Labute approximate surface area is 86.6 Å². The third-order valence-electron chi connectivity index (χ3n) is 1.80. The third-order valence-corrected chi connectivity index (χ3v) is 1.80. The minimum atomic E-state index is -0.165. The first-order chi connectivity index (χ1) is 6.57. The monoisotopic (exact) mass is 196 g/mol. The Bertz CT molecular complexity index is 206. The van der Waals surface area contributed by atoms with Crippen molar-refractivity contribution in [3.8, 4) is 12.3 Å². The van der Waals surface area contributed by atoms with Crippen molar-refractivity contribution in [1.82, 2.24) is 10.6 Å². The molecule has 0 fully saturated rings. The number of carbonyl (C=O) groups excluding carboxylic acids is 1. The molecular formula is C11H20N2O. The van der Waals surface area contributed by atoms with Crippen LogP contribution >= 0.6 is 0 Å². The maximum absolute atomic E-state index is 11.4. The van der Waals surface area contributed by atoms with Crippen molar-refractivity contribution < 1.29 is 4.79 Å². The SMILES string of the molecule is C#CCCNC(C)C(=O)NCC(C)C. The highest BCUT2D eigenvalue weighted by Gasteiger charge is 2.10. The Morgan fingerprint density at radius 1 is 1.43 bits per heavy atom. The van der Waals surface area contributed by atoms with Crippen LogP contribution in [0.2, 0.25) is 0 Å². The number of amides is 1. The number of hydrogen-bond donors (Lipinski definition) is 2. The van der Waals surface area contributed by atoms with E-state index in [9.17, 15) is 4.79 Å². The van der Waals surface area contributed by atoms with E-state index in [1.807, 2.05) is 6.92 Å². The van der Waals surface area contributed by atoms with E-state index in [1.54, 1.807) is 0 Å². The Balaban J connectivity index is 3.61. The zero-order chi connectivity index (χ0) is 11.0. The largest absolute Gasteiger partial charge is 0.354 e. The average Bonchev–Trinajstić information content (AvgIpc) is 2.14. The molecule has 0 aliphatic heterocycles. The summed E-state index contributed by atoms with van der Waals surface area (Å²) in [6, 6.07) is -0.165. The van der Waals surface area contributed by atoms with E-state index >= 15 is 0 Å². The van der Waals surface area contributed by atoms with E-state index in [-0.39, 0.29) is 11.9 Å². The molecule has 1 atom stereocenters. The lowest BCUT2D eigenvalue weighted by molar-refractivity contribution is -0.122. The number of carbonyl (C=O) groups is 1. The van der Waals surface area contributed by atoms with Crippen LogP contribution in [0, 0.1) is 18.3 Å². The smallest absolute Gasteiger partial charge is 0.236 e. The molecule has 3 nitrogen and oxygen atoms in total. The summed E-state index contributed by atoms with van der Waals surface area (Å²) >= 11 is 0. The van der Waals surface area contributed by atoms with Gasteiger partial charge in [0.2, 0.25) is 5.91 Å². The van der Waals surface area contributed by atoms with Gasteiger partial charge < -0.3 is 10.6 Å². The van der Waals surface area contributed by atoms with Gasteiger partial charge in [0.1, 0.15) is 0 Å². The zero-order valence-corrected chi connectivity index (χ0v) is 9.26. The van der Waals surface area contributed by atoms with Gasteiger partial charge in [0.05, 0.1) is 6.04 Å². The predicted molar refractivity (Wildman–Crippen MR) is 58.8 cm³/mol.